The maximum absolute atomic E-state index is 6.11. The van der Waals surface area contributed by atoms with Crippen molar-refractivity contribution in [3.63, 3.8) is 0 Å². The molecule has 0 aromatic heterocycles. The van der Waals surface area contributed by atoms with Crippen LogP contribution in [0.4, 0.5) is 0 Å². The summed E-state index contributed by atoms with van der Waals surface area (Å²) in [6, 6.07) is -0.117. The number of hydrogen-bond acceptors (Lipinski definition) is 1. The molecule has 0 saturated heterocycles. The van der Waals surface area contributed by atoms with Gasteiger partial charge in [-0.1, -0.05) is 69.6 Å². The van der Waals surface area contributed by atoms with Crippen LogP contribution in [-0.4, -0.2) is 19.8 Å². The molecule has 1 unspecified atom stereocenters. The molecule has 84 valence electrons. The zero-order valence-electron chi connectivity index (χ0n) is 7.00. The molecule has 0 radical (unpaired) electrons. The fourth-order valence-electron chi connectivity index (χ4n) is 1.37. The van der Waals surface area contributed by atoms with Crippen LogP contribution in [0.25, 0.3) is 0 Å². The topological polar surface area (TPSA) is 9.23 Å². The lowest BCUT2D eigenvalue weighted by Crippen LogP contribution is -2.57. The van der Waals surface area contributed by atoms with Gasteiger partial charge >= 0.3 is 0 Å². The van der Waals surface area contributed by atoms with E-state index in [4.69, 9.17) is 74.3 Å². The van der Waals surface area contributed by atoms with E-state index in [0.29, 0.717) is 19.3 Å². The maximum Gasteiger partial charge on any atom is 0.193 e. The summed E-state index contributed by atoms with van der Waals surface area (Å²) >= 11 is 35.6. The molecule has 1 rings (SSSR count). The molecule has 1 saturated carbocycles. The lowest BCUT2D eigenvalue weighted by Gasteiger charge is -2.47. The largest absolute Gasteiger partial charge is 0.341 e. The van der Waals surface area contributed by atoms with Gasteiger partial charge in [-0.2, -0.15) is 0 Å². The molecule has 0 aromatic rings. The van der Waals surface area contributed by atoms with Gasteiger partial charge in [-0.25, -0.2) is 0 Å². The SMILES string of the molecule is ClCOC1(Cl)CCCC(Cl)(Cl)C1(Cl)Cl. The van der Waals surface area contributed by atoms with Gasteiger partial charge in [-0.05, 0) is 19.3 Å². The number of hydrogen-bond donors (Lipinski definition) is 0. The monoisotopic (exact) mass is 318 g/mol. The third-order valence-electron chi connectivity index (χ3n) is 2.20. The first-order valence-corrected chi connectivity index (χ1v) is 6.34. The minimum absolute atomic E-state index is 0.117. The van der Waals surface area contributed by atoms with Gasteiger partial charge in [0.05, 0.1) is 0 Å². The van der Waals surface area contributed by atoms with E-state index in [1.54, 1.807) is 0 Å². The van der Waals surface area contributed by atoms with E-state index < -0.39 is 13.7 Å². The lowest BCUT2D eigenvalue weighted by molar-refractivity contribution is 0.00973. The summed E-state index contributed by atoms with van der Waals surface area (Å²) in [6.45, 7) is 0. The van der Waals surface area contributed by atoms with Gasteiger partial charge in [0.2, 0.25) is 0 Å². The Morgan fingerprint density at radius 1 is 1.00 bits per heavy atom. The third-order valence-corrected chi connectivity index (χ3v) is 5.67. The molecular formula is C7H8Cl6O. The van der Waals surface area contributed by atoms with Gasteiger partial charge in [-0.15, -0.1) is 0 Å². The zero-order chi connectivity index (χ0) is 11.0. The van der Waals surface area contributed by atoms with Crippen molar-refractivity contribution < 1.29 is 4.74 Å². The second kappa shape index (κ2) is 4.52. The molecule has 0 aliphatic heterocycles. The first-order chi connectivity index (χ1) is 6.27. The standard InChI is InChI=1S/C7H8Cl6O/c8-4-14-6(11)3-1-2-5(9,10)7(6,12)13/h1-4H2. The molecule has 1 aliphatic carbocycles. The minimum Gasteiger partial charge on any atom is -0.341 e. The van der Waals surface area contributed by atoms with Crippen molar-refractivity contribution in [3.8, 4) is 0 Å². The van der Waals surface area contributed by atoms with Crippen molar-refractivity contribution in [1.82, 2.24) is 0 Å². The van der Waals surface area contributed by atoms with E-state index in [2.05, 4.69) is 0 Å². The normalized spacial score (nSPS) is 35.6. The summed E-state index contributed by atoms with van der Waals surface area (Å²) in [7, 11) is 0. The molecule has 0 spiro atoms. The average molecular weight is 321 g/mol. The van der Waals surface area contributed by atoms with Gasteiger partial charge in [0.15, 0.2) is 13.7 Å². The van der Waals surface area contributed by atoms with Gasteiger partial charge in [0.1, 0.15) is 6.07 Å². The first-order valence-electron chi connectivity index (χ1n) is 3.91. The average Bonchev–Trinajstić information content (AvgIpc) is 2.01. The highest BCUT2D eigenvalue weighted by atomic mass is 35.5. The van der Waals surface area contributed by atoms with Crippen LogP contribution in [0, 0.1) is 0 Å². The molecular weight excluding hydrogens is 313 g/mol. The summed E-state index contributed by atoms with van der Waals surface area (Å²) in [6.07, 6.45) is 1.59. The van der Waals surface area contributed by atoms with Gasteiger partial charge in [0, 0.05) is 0 Å². The van der Waals surface area contributed by atoms with E-state index in [-0.39, 0.29) is 6.07 Å². The zero-order valence-corrected chi connectivity index (χ0v) is 11.5. The van der Waals surface area contributed by atoms with Crippen molar-refractivity contribution in [2.45, 2.75) is 33.0 Å². The molecule has 0 N–H and O–H groups in total. The number of alkyl halides is 6. The van der Waals surface area contributed by atoms with Crippen LogP contribution < -0.4 is 0 Å². The first kappa shape index (κ1) is 13.8. The molecule has 1 fully saturated rings. The van der Waals surface area contributed by atoms with E-state index in [1.807, 2.05) is 0 Å². The second-order valence-corrected chi connectivity index (χ2v) is 6.75. The molecule has 1 aliphatic rings. The quantitative estimate of drug-likeness (QED) is 0.672. The van der Waals surface area contributed by atoms with E-state index in [9.17, 15) is 0 Å². The molecule has 0 heterocycles. The van der Waals surface area contributed by atoms with Crippen LogP contribution in [-0.2, 0) is 4.74 Å². The van der Waals surface area contributed by atoms with Gasteiger partial charge in [0.25, 0.3) is 0 Å². The summed E-state index contributed by atoms with van der Waals surface area (Å²) in [5.41, 5.74) is 0. The van der Waals surface area contributed by atoms with Gasteiger partial charge in [-0.3, -0.25) is 0 Å². The van der Waals surface area contributed by atoms with Crippen LogP contribution in [0.15, 0.2) is 0 Å². The summed E-state index contributed by atoms with van der Waals surface area (Å²) in [5, 5.41) is -1.33. The maximum atomic E-state index is 6.11. The predicted molar refractivity (Wildman–Crippen MR) is 63.1 cm³/mol. The molecule has 1 nitrogen and oxygen atoms in total. The molecule has 1 atom stereocenters. The Morgan fingerprint density at radius 3 is 2.07 bits per heavy atom. The van der Waals surface area contributed by atoms with E-state index in [1.165, 1.54) is 0 Å². The molecule has 7 heteroatoms. The highest BCUT2D eigenvalue weighted by molar-refractivity contribution is 6.65. The van der Waals surface area contributed by atoms with Crippen molar-refractivity contribution in [2.24, 2.45) is 0 Å². The Kier molecular flexibility index (Phi) is 4.45. The number of halogens is 6. The summed E-state index contributed by atoms with van der Waals surface area (Å²) in [4.78, 5) is 0. The van der Waals surface area contributed by atoms with Crippen molar-refractivity contribution >= 4 is 69.6 Å². The number of ether oxygens (including phenoxy) is 1. The Morgan fingerprint density at radius 2 is 1.57 bits per heavy atom. The Balaban J connectivity index is 2.96. The molecule has 0 bridgehead atoms. The highest BCUT2D eigenvalue weighted by Gasteiger charge is 2.63. The number of rotatable bonds is 2. The van der Waals surface area contributed by atoms with Crippen molar-refractivity contribution in [3.05, 3.63) is 0 Å². The van der Waals surface area contributed by atoms with Gasteiger partial charge < -0.3 is 4.74 Å². The fraction of sp³-hybridized carbons (Fsp3) is 1.00. The van der Waals surface area contributed by atoms with Crippen molar-refractivity contribution in [1.29, 1.82) is 0 Å². The van der Waals surface area contributed by atoms with Crippen LogP contribution in [0.1, 0.15) is 19.3 Å². The van der Waals surface area contributed by atoms with Crippen molar-refractivity contribution in [2.75, 3.05) is 6.07 Å². The molecule has 0 amide bonds. The minimum atomic E-state index is -1.59. The lowest BCUT2D eigenvalue weighted by atomic mass is 9.94. The van der Waals surface area contributed by atoms with E-state index >= 15 is 0 Å². The van der Waals surface area contributed by atoms with E-state index in [0.717, 1.165) is 0 Å². The van der Waals surface area contributed by atoms with Crippen LogP contribution in [0.2, 0.25) is 0 Å². The second-order valence-electron chi connectivity index (χ2n) is 3.11. The Bertz CT molecular complexity index is 214. The molecule has 0 aromatic carbocycles. The Hall–Kier alpha value is 1.70. The smallest absolute Gasteiger partial charge is 0.193 e. The van der Waals surface area contributed by atoms with Crippen LogP contribution in [0.5, 0.6) is 0 Å². The Labute approximate surface area is 113 Å². The molecule has 14 heavy (non-hydrogen) atoms. The third kappa shape index (κ3) is 2.20. The highest BCUT2D eigenvalue weighted by Crippen LogP contribution is 2.59. The fourth-order valence-corrected chi connectivity index (χ4v) is 3.12. The van der Waals surface area contributed by atoms with Crippen LogP contribution >= 0.6 is 69.6 Å². The summed E-state index contributed by atoms with van der Waals surface area (Å²) in [5.74, 6) is 0. The van der Waals surface area contributed by atoms with Crippen LogP contribution in [0.3, 0.4) is 0 Å². The summed E-state index contributed by atoms with van der Waals surface area (Å²) < 4.78 is 2.20. The predicted octanol–water partition coefficient (Wildman–Crippen LogP) is 4.67.